The maximum absolute atomic E-state index is 12.5. The lowest BCUT2D eigenvalue weighted by Crippen LogP contribution is -2.13. The second-order valence-corrected chi connectivity index (χ2v) is 4.77. The Balaban J connectivity index is 2.15. The third-order valence-electron chi connectivity index (χ3n) is 3.11. The maximum atomic E-state index is 12.5. The van der Waals surface area contributed by atoms with Gasteiger partial charge in [0.1, 0.15) is 0 Å². The van der Waals surface area contributed by atoms with Crippen LogP contribution in [-0.4, -0.2) is 19.6 Å². The lowest BCUT2D eigenvalue weighted by atomic mass is 10.1. The van der Waals surface area contributed by atoms with Crippen molar-refractivity contribution < 1.29 is 36.2 Å². The van der Waals surface area contributed by atoms with Crippen molar-refractivity contribution in [3.05, 3.63) is 53.6 Å². The molecule has 0 radical (unpaired) electrons. The third kappa shape index (κ3) is 4.82. The van der Waals surface area contributed by atoms with E-state index in [4.69, 9.17) is 4.74 Å². The molecule has 0 heterocycles. The van der Waals surface area contributed by atoms with Crippen LogP contribution in [0.15, 0.2) is 42.5 Å². The second kappa shape index (κ2) is 7.37. The van der Waals surface area contributed by atoms with Crippen LogP contribution in [-0.2, 0) is 6.18 Å². The van der Waals surface area contributed by atoms with Crippen molar-refractivity contribution in [2.75, 3.05) is 12.4 Å². The molecule has 1 amide bonds. The molecule has 2 rings (SSSR count). The molecule has 25 heavy (non-hydrogen) atoms. The largest absolute Gasteiger partial charge is 0.493 e. The summed E-state index contributed by atoms with van der Waals surface area (Å²) in [4.78, 5) is 12.1. The summed E-state index contributed by atoms with van der Waals surface area (Å²) in [6.45, 7) is -3.05. The standard InChI is InChI=1S/C16H12F5NO3/c1-24-13-8-9(2-7-12(13)25-15(17)18)14(23)22-11-5-3-10(4-6-11)16(19,20)21/h2-8,15H,1H3,(H,22,23). The summed E-state index contributed by atoms with van der Waals surface area (Å²) in [6, 6.07) is 7.40. The fraction of sp³-hybridized carbons (Fsp3) is 0.188. The minimum absolute atomic E-state index is 0.0540. The highest BCUT2D eigenvalue weighted by atomic mass is 19.4. The van der Waals surface area contributed by atoms with Crippen molar-refractivity contribution in [3.63, 3.8) is 0 Å². The van der Waals surface area contributed by atoms with E-state index in [1.807, 2.05) is 0 Å². The average Bonchev–Trinajstić information content (AvgIpc) is 2.54. The zero-order chi connectivity index (χ0) is 18.6. The summed E-state index contributed by atoms with van der Waals surface area (Å²) in [7, 11) is 1.21. The Morgan fingerprint density at radius 3 is 2.20 bits per heavy atom. The van der Waals surface area contributed by atoms with Gasteiger partial charge in [-0.05, 0) is 42.5 Å². The van der Waals surface area contributed by atoms with Crippen LogP contribution in [0.3, 0.4) is 0 Å². The van der Waals surface area contributed by atoms with Crippen molar-refractivity contribution >= 4 is 11.6 Å². The van der Waals surface area contributed by atoms with Gasteiger partial charge in [-0.15, -0.1) is 0 Å². The summed E-state index contributed by atoms with van der Waals surface area (Å²) in [5.41, 5.74) is -0.649. The number of anilines is 1. The van der Waals surface area contributed by atoms with Gasteiger partial charge in [0.25, 0.3) is 5.91 Å². The van der Waals surface area contributed by atoms with Crippen LogP contribution in [0.5, 0.6) is 11.5 Å². The quantitative estimate of drug-likeness (QED) is 0.794. The number of hydrogen-bond donors (Lipinski definition) is 1. The van der Waals surface area contributed by atoms with Crippen LogP contribution in [0.4, 0.5) is 27.6 Å². The summed E-state index contributed by atoms with van der Waals surface area (Å²) in [6.07, 6.45) is -4.48. The van der Waals surface area contributed by atoms with Crippen molar-refractivity contribution in [1.82, 2.24) is 0 Å². The molecule has 0 unspecified atom stereocenters. The molecule has 134 valence electrons. The zero-order valence-corrected chi connectivity index (χ0v) is 12.7. The molecule has 0 spiro atoms. The van der Waals surface area contributed by atoms with Gasteiger partial charge in [-0.2, -0.15) is 22.0 Å². The molecule has 0 bridgehead atoms. The van der Waals surface area contributed by atoms with Gasteiger partial charge >= 0.3 is 12.8 Å². The number of benzene rings is 2. The molecule has 0 aliphatic heterocycles. The maximum Gasteiger partial charge on any atom is 0.416 e. The summed E-state index contributed by atoms with van der Waals surface area (Å²) < 4.78 is 71.1. The van der Waals surface area contributed by atoms with E-state index < -0.39 is 24.3 Å². The molecule has 0 atom stereocenters. The molecule has 0 aliphatic carbocycles. The Morgan fingerprint density at radius 1 is 1.04 bits per heavy atom. The minimum Gasteiger partial charge on any atom is -0.493 e. The number of alkyl halides is 5. The van der Waals surface area contributed by atoms with E-state index in [9.17, 15) is 26.7 Å². The molecular weight excluding hydrogens is 349 g/mol. The fourth-order valence-electron chi connectivity index (χ4n) is 1.95. The first-order chi connectivity index (χ1) is 11.7. The van der Waals surface area contributed by atoms with E-state index in [0.717, 1.165) is 30.3 Å². The summed E-state index contributed by atoms with van der Waals surface area (Å²) in [5.74, 6) is -0.981. The number of ether oxygens (including phenoxy) is 2. The lowest BCUT2D eigenvalue weighted by Gasteiger charge is -2.12. The average molecular weight is 361 g/mol. The first kappa shape index (κ1) is 18.5. The Morgan fingerprint density at radius 2 is 1.68 bits per heavy atom. The Labute approximate surface area is 139 Å². The Bertz CT molecular complexity index is 744. The van der Waals surface area contributed by atoms with Crippen LogP contribution in [0, 0.1) is 0 Å². The number of amides is 1. The lowest BCUT2D eigenvalue weighted by molar-refractivity contribution is -0.137. The number of hydrogen-bond acceptors (Lipinski definition) is 3. The molecule has 0 aliphatic rings. The molecule has 9 heteroatoms. The zero-order valence-electron chi connectivity index (χ0n) is 12.7. The molecular formula is C16H12F5NO3. The predicted molar refractivity (Wildman–Crippen MR) is 79.0 cm³/mol. The molecule has 2 aromatic rings. The number of halogens is 5. The molecule has 1 N–H and O–H groups in total. The topological polar surface area (TPSA) is 47.6 Å². The monoisotopic (exact) mass is 361 g/mol. The number of rotatable bonds is 5. The van der Waals surface area contributed by atoms with Gasteiger partial charge in [-0.1, -0.05) is 0 Å². The first-order valence-corrected chi connectivity index (χ1v) is 6.82. The van der Waals surface area contributed by atoms with Crippen molar-refractivity contribution in [1.29, 1.82) is 0 Å². The number of carbonyl (C=O) groups excluding carboxylic acids is 1. The van der Waals surface area contributed by atoms with Crippen LogP contribution < -0.4 is 14.8 Å². The normalized spacial score (nSPS) is 11.3. The molecule has 0 saturated heterocycles. The number of nitrogens with one attached hydrogen (secondary N) is 1. The number of methoxy groups -OCH3 is 1. The highest BCUT2D eigenvalue weighted by Crippen LogP contribution is 2.31. The third-order valence-corrected chi connectivity index (χ3v) is 3.11. The van der Waals surface area contributed by atoms with Gasteiger partial charge in [-0.3, -0.25) is 4.79 Å². The van der Waals surface area contributed by atoms with Crippen LogP contribution in [0.1, 0.15) is 15.9 Å². The van der Waals surface area contributed by atoms with Crippen molar-refractivity contribution in [2.45, 2.75) is 12.8 Å². The van der Waals surface area contributed by atoms with Gasteiger partial charge in [0.15, 0.2) is 11.5 Å². The SMILES string of the molecule is COc1cc(C(=O)Nc2ccc(C(F)(F)F)cc2)ccc1OC(F)F. The summed E-state index contributed by atoms with van der Waals surface area (Å²) in [5, 5.41) is 2.40. The van der Waals surface area contributed by atoms with Crippen molar-refractivity contribution in [3.8, 4) is 11.5 Å². The molecule has 2 aromatic carbocycles. The van der Waals surface area contributed by atoms with Crippen LogP contribution >= 0.6 is 0 Å². The molecule has 0 saturated carbocycles. The van der Waals surface area contributed by atoms with E-state index in [0.29, 0.717) is 0 Å². The smallest absolute Gasteiger partial charge is 0.416 e. The summed E-state index contributed by atoms with van der Waals surface area (Å²) >= 11 is 0. The van der Waals surface area contributed by atoms with Gasteiger partial charge in [0, 0.05) is 11.3 Å². The molecule has 0 fully saturated rings. The first-order valence-electron chi connectivity index (χ1n) is 6.82. The number of carbonyl (C=O) groups is 1. The van der Waals surface area contributed by atoms with E-state index in [-0.39, 0.29) is 22.7 Å². The van der Waals surface area contributed by atoms with Gasteiger partial charge in [0.05, 0.1) is 12.7 Å². The van der Waals surface area contributed by atoms with Gasteiger partial charge < -0.3 is 14.8 Å². The fourth-order valence-corrected chi connectivity index (χ4v) is 1.95. The van der Waals surface area contributed by atoms with Gasteiger partial charge in [0.2, 0.25) is 0 Å². The highest BCUT2D eigenvalue weighted by Gasteiger charge is 2.30. The second-order valence-electron chi connectivity index (χ2n) is 4.77. The Kier molecular flexibility index (Phi) is 5.45. The van der Waals surface area contributed by atoms with E-state index in [1.54, 1.807) is 0 Å². The van der Waals surface area contributed by atoms with E-state index in [2.05, 4.69) is 10.1 Å². The molecule has 4 nitrogen and oxygen atoms in total. The van der Waals surface area contributed by atoms with Crippen LogP contribution in [0.25, 0.3) is 0 Å². The highest BCUT2D eigenvalue weighted by molar-refractivity contribution is 6.04. The van der Waals surface area contributed by atoms with E-state index >= 15 is 0 Å². The van der Waals surface area contributed by atoms with E-state index in [1.165, 1.54) is 19.2 Å². The molecule has 0 aromatic heterocycles. The Hall–Kier alpha value is -2.84. The van der Waals surface area contributed by atoms with Gasteiger partial charge in [-0.25, -0.2) is 0 Å². The van der Waals surface area contributed by atoms with Crippen LogP contribution in [0.2, 0.25) is 0 Å². The predicted octanol–water partition coefficient (Wildman–Crippen LogP) is 4.57. The minimum atomic E-state index is -4.48. The van der Waals surface area contributed by atoms with Crippen molar-refractivity contribution in [2.24, 2.45) is 0 Å².